The van der Waals surface area contributed by atoms with Gasteiger partial charge < -0.3 is 4.74 Å². The molecule has 3 nitrogen and oxygen atoms in total. The largest absolute Gasteiger partial charge is 0.462 e. The Bertz CT molecular complexity index is 867. The molecule has 0 radical (unpaired) electrons. The molecule has 1 heterocycles. The Morgan fingerprint density at radius 2 is 1.68 bits per heavy atom. The molecule has 4 heteroatoms. The maximum atomic E-state index is 12.6. The summed E-state index contributed by atoms with van der Waals surface area (Å²) in [5, 5.41) is 0. The van der Waals surface area contributed by atoms with Crippen LogP contribution in [0.15, 0.2) is 60.7 Å². The van der Waals surface area contributed by atoms with E-state index in [1.807, 2.05) is 60.7 Å². The zero-order chi connectivity index (χ0) is 17.6. The molecule has 0 unspecified atom stereocenters. The maximum Gasteiger partial charge on any atom is 0.339 e. The molecule has 2 aromatic carbocycles. The van der Waals surface area contributed by atoms with Crippen LogP contribution in [0.25, 0.3) is 10.4 Å². The molecule has 126 valence electrons. The van der Waals surface area contributed by atoms with E-state index < -0.39 is 0 Å². The first kappa shape index (κ1) is 17.1. The normalized spacial score (nSPS) is 10.4. The van der Waals surface area contributed by atoms with Crippen LogP contribution in [0.3, 0.4) is 0 Å². The molecule has 0 saturated carbocycles. The number of ether oxygens (including phenoxy) is 1. The summed E-state index contributed by atoms with van der Waals surface area (Å²) in [5.74, 6) is -0.378. The van der Waals surface area contributed by atoms with Crippen molar-refractivity contribution in [3.8, 4) is 10.4 Å². The summed E-state index contributed by atoms with van der Waals surface area (Å²) in [6.07, 6.45) is 1.35. The van der Waals surface area contributed by atoms with Gasteiger partial charge in [-0.1, -0.05) is 60.7 Å². The van der Waals surface area contributed by atoms with E-state index in [9.17, 15) is 9.59 Å². The Labute approximate surface area is 150 Å². The first-order valence-electron chi connectivity index (χ1n) is 8.12. The van der Waals surface area contributed by atoms with Crippen LogP contribution in [0.1, 0.15) is 38.1 Å². The second-order valence-electron chi connectivity index (χ2n) is 5.52. The lowest BCUT2D eigenvalue weighted by Gasteiger charge is -2.08. The number of benzene rings is 2. The Hall–Kier alpha value is -2.72. The van der Waals surface area contributed by atoms with E-state index >= 15 is 0 Å². The van der Waals surface area contributed by atoms with Crippen molar-refractivity contribution in [2.75, 3.05) is 6.61 Å². The summed E-state index contributed by atoms with van der Waals surface area (Å²) in [7, 11) is 0. The molecule has 0 N–H and O–H groups in total. The van der Waals surface area contributed by atoms with Gasteiger partial charge in [-0.05, 0) is 30.0 Å². The van der Waals surface area contributed by atoms with E-state index in [0.717, 1.165) is 27.9 Å². The van der Waals surface area contributed by atoms with E-state index in [1.165, 1.54) is 11.3 Å². The van der Waals surface area contributed by atoms with Gasteiger partial charge in [0.2, 0.25) is 0 Å². The highest BCUT2D eigenvalue weighted by Gasteiger charge is 2.25. The minimum absolute atomic E-state index is 0.296. The predicted octanol–water partition coefficient (Wildman–Crippen LogP) is 5.00. The fourth-order valence-electron chi connectivity index (χ4n) is 2.77. The fourth-order valence-corrected chi connectivity index (χ4v) is 3.89. The number of esters is 1. The Kier molecular flexibility index (Phi) is 5.41. The minimum atomic E-state index is -0.378. The molecule has 3 rings (SSSR count). The standard InChI is InChI=1S/C21H18O3S/c1-2-24-21(23)19-17(13-15-9-5-3-6-10-15)18(14-22)25-20(19)16-11-7-4-8-12-16/h3-12,14H,2,13H2,1H3. The van der Waals surface area contributed by atoms with E-state index in [-0.39, 0.29) is 5.97 Å². The summed E-state index contributed by atoms with van der Waals surface area (Å²) in [6, 6.07) is 19.5. The van der Waals surface area contributed by atoms with Gasteiger partial charge in [0, 0.05) is 4.88 Å². The van der Waals surface area contributed by atoms with E-state index in [1.54, 1.807) is 6.92 Å². The third-order valence-electron chi connectivity index (χ3n) is 3.88. The smallest absolute Gasteiger partial charge is 0.339 e. The van der Waals surface area contributed by atoms with Crippen molar-refractivity contribution in [2.45, 2.75) is 13.3 Å². The van der Waals surface area contributed by atoms with Gasteiger partial charge in [0.1, 0.15) is 0 Å². The molecule has 0 aliphatic heterocycles. The Balaban J connectivity index is 2.16. The average Bonchev–Trinajstić information content (AvgIpc) is 3.02. The zero-order valence-electron chi connectivity index (χ0n) is 13.9. The third kappa shape index (κ3) is 3.69. The number of aldehydes is 1. The second-order valence-corrected chi connectivity index (χ2v) is 6.57. The van der Waals surface area contributed by atoms with Gasteiger partial charge in [-0.25, -0.2) is 4.79 Å². The average molecular weight is 350 g/mol. The Morgan fingerprint density at radius 1 is 1.04 bits per heavy atom. The number of carbonyl (C=O) groups is 2. The van der Waals surface area contributed by atoms with Crippen molar-refractivity contribution in [3.05, 3.63) is 82.2 Å². The van der Waals surface area contributed by atoms with Gasteiger partial charge in [-0.3, -0.25) is 4.79 Å². The predicted molar refractivity (Wildman–Crippen MR) is 100 cm³/mol. The fraction of sp³-hybridized carbons (Fsp3) is 0.143. The van der Waals surface area contributed by atoms with Crippen molar-refractivity contribution in [1.82, 2.24) is 0 Å². The maximum absolute atomic E-state index is 12.6. The SMILES string of the molecule is CCOC(=O)c1c(-c2ccccc2)sc(C=O)c1Cc1ccccc1. The van der Waals surface area contributed by atoms with E-state index in [4.69, 9.17) is 4.74 Å². The highest BCUT2D eigenvalue weighted by atomic mass is 32.1. The number of thiophene rings is 1. The highest BCUT2D eigenvalue weighted by molar-refractivity contribution is 7.17. The molecule has 0 aliphatic rings. The van der Waals surface area contributed by atoms with Gasteiger partial charge >= 0.3 is 5.97 Å². The molecule has 0 amide bonds. The second kappa shape index (κ2) is 7.90. The van der Waals surface area contributed by atoms with Gasteiger partial charge in [0.05, 0.1) is 17.0 Å². The van der Waals surface area contributed by atoms with Gasteiger partial charge in [0.25, 0.3) is 0 Å². The topological polar surface area (TPSA) is 43.4 Å². The van der Waals surface area contributed by atoms with Gasteiger partial charge in [0.15, 0.2) is 6.29 Å². The lowest BCUT2D eigenvalue weighted by molar-refractivity contribution is 0.0527. The lowest BCUT2D eigenvalue weighted by atomic mass is 9.98. The van der Waals surface area contributed by atoms with Crippen LogP contribution < -0.4 is 0 Å². The molecule has 0 aliphatic carbocycles. The van der Waals surface area contributed by atoms with Gasteiger partial charge in [-0.2, -0.15) is 0 Å². The van der Waals surface area contributed by atoms with Crippen LogP contribution in [0.5, 0.6) is 0 Å². The number of carbonyl (C=O) groups excluding carboxylic acids is 2. The molecular formula is C21H18O3S. The van der Waals surface area contributed by atoms with Crippen molar-refractivity contribution in [1.29, 1.82) is 0 Å². The molecule has 0 bridgehead atoms. The van der Waals surface area contributed by atoms with Crippen molar-refractivity contribution >= 4 is 23.6 Å². The summed E-state index contributed by atoms with van der Waals surface area (Å²) in [5.41, 5.74) is 3.21. The van der Waals surface area contributed by atoms with E-state index in [0.29, 0.717) is 23.5 Å². The van der Waals surface area contributed by atoms with Crippen molar-refractivity contribution in [3.63, 3.8) is 0 Å². The van der Waals surface area contributed by atoms with Crippen molar-refractivity contribution < 1.29 is 14.3 Å². The zero-order valence-corrected chi connectivity index (χ0v) is 14.7. The molecule has 0 spiro atoms. The summed E-state index contributed by atoms with van der Waals surface area (Å²) in [6.45, 7) is 2.08. The molecule has 25 heavy (non-hydrogen) atoms. The number of hydrogen-bond acceptors (Lipinski definition) is 4. The van der Waals surface area contributed by atoms with Crippen LogP contribution >= 0.6 is 11.3 Å². The van der Waals surface area contributed by atoms with Crippen LogP contribution in [0.2, 0.25) is 0 Å². The summed E-state index contributed by atoms with van der Waals surface area (Å²) < 4.78 is 5.28. The van der Waals surface area contributed by atoms with Crippen molar-refractivity contribution in [2.24, 2.45) is 0 Å². The number of rotatable bonds is 6. The highest BCUT2D eigenvalue weighted by Crippen LogP contribution is 2.37. The van der Waals surface area contributed by atoms with Crippen LogP contribution in [0, 0.1) is 0 Å². The van der Waals surface area contributed by atoms with Crippen LogP contribution in [0.4, 0.5) is 0 Å². The first-order chi connectivity index (χ1) is 12.2. The molecule has 3 aromatic rings. The molecule has 0 atom stereocenters. The summed E-state index contributed by atoms with van der Waals surface area (Å²) in [4.78, 5) is 25.7. The Morgan fingerprint density at radius 3 is 2.28 bits per heavy atom. The van der Waals surface area contributed by atoms with E-state index in [2.05, 4.69) is 0 Å². The third-order valence-corrected chi connectivity index (χ3v) is 5.09. The lowest BCUT2D eigenvalue weighted by Crippen LogP contribution is -2.08. The monoisotopic (exact) mass is 350 g/mol. The minimum Gasteiger partial charge on any atom is -0.462 e. The van der Waals surface area contributed by atoms with Gasteiger partial charge in [-0.15, -0.1) is 11.3 Å². The molecule has 1 aromatic heterocycles. The number of hydrogen-bond donors (Lipinski definition) is 0. The van der Waals surface area contributed by atoms with Crippen LogP contribution in [-0.2, 0) is 11.2 Å². The quantitative estimate of drug-likeness (QED) is 0.464. The first-order valence-corrected chi connectivity index (χ1v) is 8.93. The molecule has 0 fully saturated rings. The molecule has 0 saturated heterocycles. The summed E-state index contributed by atoms with van der Waals surface area (Å²) >= 11 is 1.34. The molecular weight excluding hydrogens is 332 g/mol. The van der Waals surface area contributed by atoms with Crippen LogP contribution in [-0.4, -0.2) is 18.9 Å².